The maximum absolute atomic E-state index is 12.2. The van der Waals surface area contributed by atoms with E-state index in [4.69, 9.17) is 5.26 Å². The van der Waals surface area contributed by atoms with Crippen LogP contribution in [0.25, 0.3) is 0 Å². The van der Waals surface area contributed by atoms with Crippen LogP contribution in [0.2, 0.25) is 0 Å². The molecule has 2 aromatic rings. The number of amides is 1. The number of hydrogen-bond acceptors (Lipinski definition) is 5. The number of nitrogens with one attached hydrogen (secondary N) is 1. The molecule has 1 unspecified atom stereocenters. The van der Waals surface area contributed by atoms with E-state index in [1.165, 1.54) is 16.9 Å². The number of carbonyl (C=O) groups excluding carboxylic acids is 1. The summed E-state index contributed by atoms with van der Waals surface area (Å²) < 4.78 is 0. The van der Waals surface area contributed by atoms with Gasteiger partial charge in [0.25, 0.3) is 0 Å². The van der Waals surface area contributed by atoms with Crippen LogP contribution in [-0.2, 0) is 11.2 Å². The van der Waals surface area contributed by atoms with E-state index in [9.17, 15) is 4.79 Å². The van der Waals surface area contributed by atoms with Gasteiger partial charge in [-0.1, -0.05) is 30.3 Å². The predicted molar refractivity (Wildman–Crippen MR) is 85.3 cm³/mol. The summed E-state index contributed by atoms with van der Waals surface area (Å²) in [5.41, 5.74) is 1.23. The molecule has 22 heavy (non-hydrogen) atoms. The van der Waals surface area contributed by atoms with E-state index in [-0.39, 0.29) is 11.8 Å². The first-order valence-corrected chi connectivity index (χ1v) is 8.00. The number of nitrogens with zero attached hydrogens (tertiary/aromatic N) is 3. The van der Waals surface area contributed by atoms with Crippen LogP contribution in [0, 0.1) is 17.4 Å². The molecule has 1 aliphatic rings. The average molecular weight is 312 g/mol. The van der Waals surface area contributed by atoms with Crippen LogP contribution in [-0.4, -0.2) is 28.9 Å². The topological polar surface area (TPSA) is 69.0 Å². The number of carbonyl (C=O) groups is 1. The minimum Gasteiger partial charge on any atom is -0.310 e. The van der Waals surface area contributed by atoms with E-state index in [2.05, 4.69) is 28.6 Å². The number of likely N-dealkylation sites (tertiary alicyclic amines) is 1. The van der Waals surface area contributed by atoms with Crippen molar-refractivity contribution in [2.45, 2.75) is 12.8 Å². The largest absolute Gasteiger partial charge is 0.310 e. The molecule has 2 heterocycles. The zero-order chi connectivity index (χ0) is 15.4. The lowest BCUT2D eigenvalue weighted by molar-refractivity contribution is -0.119. The fourth-order valence-corrected chi connectivity index (χ4v) is 3.37. The van der Waals surface area contributed by atoms with E-state index in [1.807, 2.05) is 24.4 Å². The van der Waals surface area contributed by atoms with Gasteiger partial charge in [-0.3, -0.25) is 4.79 Å². The second kappa shape index (κ2) is 6.58. The highest BCUT2D eigenvalue weighted by atomic mass is 32.1. The Morgan fingerprint density at radius 2 is 2.27 bits per heavy atom. The van der Waals surface area contributed by atoms with Crippen molar-refractivity contribution in [3.63, 3.8) is 0 Å². The summed E-state index contributed by atoms with van der Waals surface area (Å²) in [5.74, 6) is -0.167. The second-order valence-corrected chi connectivity index (χ2v) is 6.43. The monoisotopic (exact) mass is 312 g/mol. The van der Waals surface area contributed by atoms with Gasteiger partial charge in [-0.2, -0.15) is 5.26 Å². The first kappa shape index (κ1) is 14.5. The number of anilines is 1. The molecular weight excluding hydrogens is 296 g/mol. The van der Waals surface area contributed by atoms with Crippen molar-refractivity contribution in [1.82, 2.24) is 9.88 Å². The normalized spacial score (nSPS) is 17.2. The molecule has 1 amide bonds. The summed E-state index contributed by atoms with van der Waals surface area (Å²) in [6.45, 7) is 1.16. The predicted octanol–water partition coefficient (Wildman–Crippen LogP) is 2.48. The molecule has 5 nitrogen and oxygen atoms in total. The summed E-state index contributed by atoms with van der Waals surface area (Å²) in [6.07, 6.45) is 5.44. The van der Waals surface area contributed by atoms with Crippen molar-refractivity contribution < 1.29 is 4.79 Å². The number of aromatic nitrogens is 1. The maximum Gasteiger partial charge on any atom is 0.231 e. The second-order valence-electron chi connectivity index (χ2n) is 5.31. The fourth-order valence-electron chi connectivity index (χ4n) is 2.52. The molecule has 0 aliphatic carbocycles. The van der Waals surface area contributed by atoms with Crippen LogP contribution in [0.4, 0.5) is 5.13 Å². The van der Waals surface area contributed by atoms with Crippen molar-refractivity contribution in [3.05, 3.63) is 47.0 Å². The Bertz CT molecular complexity index is 692. The van der Waals surface area contributed by atoms with Gasteiger partial charge in [-0.25, -0.2) is 4.98 Å². The van der Waals surface area contributed by atoms with Crippen molar-refractivity contribution in [2.75, 3.05) is 18.4 Å². The summed E-state index contributed by atoms with van der Waals surface area (Å²) in [5, 5.41) is 12.3. The summed E-state index contributed by atoms with van der Waals surface area (Å²) in [4.78, 5) is 19.2. The van der Waals surface area contributed by atoms with Crippen LogP contribution in [0.3, 0.4) is 0 Å². The zero-order valence-electron chi connectivity index (χ0n) is 12.0. The molecule has 1 aliphatic heterocycles. The van der Waals surface area contributed by atoms with E-state index >= 15 is 0 Å². The minimum absolute atomic E-state index is 0.0432. The Morgan fingerprint density at radius 1 is 1.45 bits per heavy atom. The Kier molecular flexibility index (Phi) is 4.35. The van der Waals surface area contributed by atoms with E-state index in [1.54, 1.807) is 4.90 Å². The first-order chi connectivity index (χ1) is 10.7. The van der Waals surface area contributed by atoms with E-state index in [0.29, 0.717) is 18.2 Å². The Labute approximate surface area is 133 Å². The number of rotatable bonds is 4. The van der Waals surface area contributed by atoms with Crippen LogP contribution in [0.1, 0.15) is 16.9 Å². The standard InChI is InChI=1S/C16H16N4OS/c17-11-20-7-6-13(10-20)15(21)19-16-18-9-14(22-16)8-12-4-2-1-3-5-12/h1-5,9,13H,6-8,10H2,(H,18,19,21). The van der Waals surface area contributed by atoms with Crippen molar-refractivity contribution in [1.29, 1.82) is 5.26 Å². The first-order valence-electron chi connectivity index (χ1n) is 7.19. The van der Waals surface area contributed by atoms with E-state index in [0.717, 1.165) is 17.7 Å². The quantitative estimate of drug-likeness (QED) is 0.881. The lowest BCUT2D eigenvalue weighted by Gasteiger charge is -2.08. The number of benzene rings is 1. The number of hydrogen-bond donors (Lipinski definition) is 1. The molecule has 0 bridgehead atoms. The van der Waals surface area contributed by atoms with Crippen molar-refractivity contribution in [2.24, 2.45) is 5.92 Å². The average Bonchev–Trinajstić information content (AvgIpc) is 3.17. The van der Waals surface area contributed by atoms with Crippen LogP contribution in [0.5, 0.6) is 0 Å². The third-order valence-electron chi connectivity index (χ3n) is 3.71. The molecule has 6 heteroatoms. The zero-order valence-corrected chi connectivity index (χ0v) is 12.8. The lowest BCUT2D eigenvalue weighted by atomic mass is 10.1. The van der Waals surface area contributed by atoms with Crippen molar-refractivity contribution >= 4 is 22.4 Å². The highest BCUT2D eigenvalue weighted by Crippen LogP contribution is 2.23. The summed E-state index contributed by atoms with van der Waals surface area (Å²) in [7, 11) is 0. The van der Waals surface area contributed by atoms with Gasteiger partial charge in [0, 0.05) is 30.6 Å². The highest BCUT2D eigenvalue weighted by Gasteiger charge is 2.28. The Morgan fingerprint density at radius 3 is 3.00 bits per heavy atom. The SMILES string of the molecule is N#CN1CCC(C(=O)Nc2ncc(Cc3ccccc3)s2)C1. The molecule has 0 radical (unpaired) electrons. The molecule has 1 fully saturated rings. The van der Waals surface area contributed by atoms with Crippen LogP contribution < -0.4 is 5.32 Å². The Hall–Kier alpha value is -2.39. The molecule has 1 saturated heterocycles. The molecule has 0 saturated carbocycles. The lowest BCUT2D eigenvalue weighted by Crippen LogP contribution is -2.25. The smallest absolute Gasteiger partial charge is 0.231 e. The van der Waals surface area contributed by atoms with Gasteiger partial charge in [0.1, 0.15) is 0 Å². The van der Waals surface area contributed by atoms with Gasteiger partial charge in [-0.15, -0.1) is 11.3 Å². The van der Waals surface area contributed by atoms with Gasteiger partial charge in [0.2, 0.25) is 5.91 Å². The van der Waals surface area contributed by atoms with Crippen LogP contribution >= 0.6 is 11.3 Å². The maximum atomic E-state index is 12.2. The van der Waals surface area contributed by atoms with Gasteiger partial charge >= 0.3 is 0 Å². The molecular formula is C16H16N4OS. The number of thiazole rings is 1. The molecule has 0 spiro atoms. The third kappa shape index (κ3) is 3.43. The molecule has 112 valence electrons. The highest BCUT2D eigenvalue weighted by molar-refractivity contribution is 7.15. The van der Waals surface area contributed by atoms with Crippen LogP contribution in [0.15, 0.2) is 36.5 Å². The van der Waals surface area contributed by atoms with Gasteiger partial charge < -0.3 is 10.2 Å². The number of nitriles is 1. The van der Waals surface area contributed by atoms with Crippen molar-refractivity contribution in [3.8, 4) is 6.19 Å². The summed E-state index contributed by atoms with van der Waals surface area (Å²) >= 11 is 1.50. The fraction of sp³-hybridized carbons (Fsp3) is 0.312. The molecule has 1 aromatic carbocycles. The third-order valence-corrected chi connectivity index (χ3v) is 4.62. The summed E-state index contributed by atoms with van der Waals surface area (Å²) in [6, 6.07) is 10.2. The van der Waals surface area contributed by atoms with E-state index < -0.39 is 0 Å². The minimum atomic E-state index is -0.124. The Balaban J connectivity index is 1.58. The van der Waals surface area contributed by atoms with Gasteiger partial charge in [0.15, 0.2) is 11.3 Å². The van der Waals surface area contributed by atoms with Gasteiger partial charge in [-0.05, 0) is 12.0 Å². The molecule has 1 aromatic heterocycles. The molecule has 1 N–H and O–H groups in total. The molecule has 1 atom stereocenters. The molecule has 3 rings (SSSR count). The van der Waals surface area contributed by atoms with Gasteiger partial charge in [0.05, 0.1) is 5.92 Å².